The van der Waals surface area contributed by atoms with Crippen LogP contribution in [0.1, 0.15) is 48.5 Å². The monoisotopic (exact) mass is 352 g/mol. The Labute approximate surface area is 153 Å². The number of benzene rings is 2. The molecule has 0 aliphatic heterocycles. The van der Waals surface area contributed by atoms with E-state index in [1.165, 1.54) is 6.08 Å². The molecule has 136 valence electrons. The van der Waals surface area contributed by atoms with E-state index < -0.39 is 12.0 Å². The van der Waals surface area contributed by atoms with Crippen LogP contribution in [-0.4, -0.2) is 21.9 Å². The van der Waals surface area contributed by atoms with Gasteiger partial charge in [-0.3, -0.25) is 10.0 Å². The van der Waals surface area contributed by atoms with E-state index in [0.29, 0.717) is 12.1 Å². The van der Waals surface area contributed by atoms with Crippen molar-refractivity contribution in [3.8, 4) is 0 Å². The highest BCUT2D eigenvalue weighted by molar-refractivity contribution is 5.91. The summed E-state index contributed by atoms with van der Waals surface area (Å²) in [5.74, 6) is -0.649. The summed E-state index contributed by atoms with van der Waals surface area (Å²) in [6, 6.07) is 17.0. The lowest BCUT2D eigenvalue weighted by Crippen LogP contribution is -2.15. The van der Waals surface area contributed by atoms with Gasteiger partial charge in [-0.1, -0.05) is 61.5 Å². The topological polar surface area (TPSA) is 93.4 Å². The zero-order valence-electron chi connectivity index (χ0n) is 14.7. The van der Waals surface area contributed by atoms with Crippen LogP contribution in [0.15, 0.2) is 60.7 Å². The van der Waals surface area contributed by atoms with Crippen LogP contribution in [-0.2, 0) is 4.79 Å². The Balaban J connectivity index is 2.06. The number of amides is 1. The second-order valence-electron chi connectivity index (χ2n) is 6.09. The highest BCUT2D eigenvalue weighted by Crippen LogP contribution is 2.27. The van der Waals surface area contributed by atoms with Crippen LogP contribution in [0.25, 0.3) is 6.08 Å². The summed E-state index contributed by atoms with van der Waals surface area (Å²) in [5.41, 5.74) is 4.67. The Kier molecular flexibility index (Phi) is 7.26. The molecule has 0 fully saturated rings. The lowest BCUT2D eigenvalue weighted by molar-refractivity contribution is -0.124. The van der Waals surface area contributed by atoms with Crippen LogP contribution in [0.5, 0.6) is 0 Å². The second-order valence-corrected chi connectivity index (χ2v) is 6.09. The average Bonchev–Trinajstić information content (AvgIpc) is 2.68. The largest absolute Gasteiger partial charge is 0.388 e. The van der Waals surface area contributed by atoms with Crippen molar-refractivity contribution in [1.82, 2.24) is 5.48 Å². The number of nitrogens with one attached hydrogen (secondary N) is 2. The van der Waals surface area contributed by atoms with E-state index in [-0.39, 0.29) is 5.92 Å². The second kappa shape index (κ2) is 9.65. The zero-order chi connectivity index (χ0) is 18.9. The number of hydrogen-bond donors (Lipinski definition) is 4. The van der Waals surface area contributed by atoms with Gasteiger partial charge in [0.05, 0.1) is 6.10 Å². The number of carbonyl (C=O) groups is 1. The van der Waals surface area contributed by atoms with Crippen molar-refractivity contribution in [2.24, 2.45) is 0 Å². The van der Waals surface area contributed by atoms with Crippen LogP contribution in [0.2, 0.25) is 0 Å². The molecule has 2 aromatic rings. The molecule has 26 heavy (non-hydrogen) atoms. The minimum atomic E-state index is -0.683. The summed E-state index contributed by atoms with van der Waals surface area (Å²) in [6.07, 6.45) is 3.21. The molecule has 2 rings (SSSR count). The summed E-state index contributed by atoms with van der Waals surface area (Å²) in [7, 11) is 0. The summed E-state index contributed by atoms with van der Waals surface area (Å²) < 4.78 is 0. The third kappa shape index (κ3) is 5.37. The summed E-state index contributed by atoms with van der Waals surface area (Å²) in [6.45, 7) is 2.02. The molecule has 2 unspecified atom stereocenters. The van der Waals surface area contributed by atoms with Gasteiger partial charge in [0.2, 0.25) is 0 Å². The lowest BCUT2D eigenvalue weighted by atomic mass is 9.87. The van der Waals surface area contributed by atoms with Crippen molar-refractivity contribution >= 4 is 17.7 Å². The Morgan fingerprint density at radius 2 is 1.77 bits per heavy atom. The fraction of sp³-hybridized carbons (Fsp3) is 0.238. The molecule has 0 aromatic heterocycles. The van der Waals surface area contributed by atoms with Gasteiger partial charge in [-0.25, -0.2) is 5.48 Å². The van der Waals surface area contributed by atoms with E-state index in [1.807, 2.05) is 61.5 Å². The first-order valence-corrected chi connectivity index (χ1v) is 8.57. The van der Waals surface area contributed by atoms with Crippen molar-refractivity contribution in [3.05, 3.63) is 77.4 Å². The highest BCUT2D eigenvalue weighted by Gasteiger charge is 2.19. The van der Waals surface area contributed by atoms with Crippen LogP contribution in [0.4, 0.5) is 0 Å². The minimum Gasteiger partial charge on any atom is -0.388 e. The van der Waals surface area contributed by atoms with E-state index in [4.69, 9.17) is 10.6 Å². The summed E-state index contributed by atoms with van der Waals surface area (Å²) in [4.78, 5) is 11.0. The predicted octanol–water partition coefficient (Wildman–Crippen LogP) is 3.84. The molecular formula is C21H24N2O3. The van der Waals surface area contributed by atoms with Gasteiger partial charge < -0.3 is 10.5 Å². The van der Waals surface area contributed by atoms with Crippen LogP contribution in [0, 0.1) is 5.41 Å². The van der Waals surface area contributed by atoms with Crippen LogP contribution < -0.4 is 5.48 Å². The third-order valence-corrected chi connectivity index (χ3v) is 4.30. The van der Waals surface area contributed by atoms with Crippen molar-refractivity contribution < 1.29 is 15.1 Å². The summed E-state index contributed by atoms with van der Waals surface area (Å²) >= 11 is 0. The molecule has 0 spiro atoms. The summed E-state index contributed by atoms with van der Waals surface area (Å²) in [5, 5.41) is 27.3. The van der Waals surface area contributed by atoms with Crippen LogP contribution in [0.3, 0.4) is 0 Å². The van der Waals surface area contributed by atoms with Crippen molar-refractivity contribution in [3.63, 3.8) is 0 Å². The van der Waals surface area contributed by atoms with Gasteiger partial charge in [-0.05, 0) is 29.2 Å². The maximum absolute atomic E-state index is 11.0. The Morgan fingerprint density at radius 1 is 1.12 bits per heavy atom. The number of rotatable bonds is 8. The average molecular weight is 352 g/mol. The molecule has 2 atom stereocenters. The van der Waals surface area contributed by atoms with Gasteiger partial charge in [-0.2, -0.15) is 0 Å². The van der Waals surface area contributed by atoms with E-state index in [9.17, 15) is 9.90 Å². The number of carbonyl (C=O) groups excluding carboxylic acids is 1. The van der Waals surface area contributed by atoms with Gasteiger partial charge in [-0.15, -0.1) is 0 Å². The molecule has 0 bridgehead atoms. The first-order chi connectivity index (χ1) is 12.5. The van der Waals surface area contributed by atoms with E-state index in [2.05, 4.69) is 0 Å². The number of hydroxylamine groups is 1. The number of aliphatic hydroxyl groups is 1. The van der Waals surface area contributed by atoms with Gasteiger partial charge >= 0.3 is 0 Å². The fourth-order valence-corrected chi connectivity index (χ4v) is 2.88. The molecule has 5 nitrogen and oxygen atoms in total. The van der Waals surface area contributed by atoms with E-state index in [0.717, 1.165) is 23.1 Å². The third-order valence-electron chi connectivity index (χ3n) is 4.30. The van der Waals surface area contributed by atoms with Crippen molar-refractivity contribution in [2.45, 2.75) is 31.8 Å². The van der Waals surface area contributed by atoms with Gasteiger partial charge in [0.15, 0.2) is 0 Å². The van der Waals surface area contributed by atoms with Gasteiger partial charge in [0.1, 0.15) is 0 Å². The molecule has 0 aliphatic carbocycles. The normalized spacial score (nSPS) is 13.3. The molecule has 2 aromatic carbocycles. The Hall–Kier alpha value is -2.76. The molecule has 0 aliphatic rings. The standard InChI is InChI=1S/C21H24N2O3/c1-2-18(19(22)14-20(24)17-6-4-3-5-7-17)16-11-8-15(9-12-16)10-13-21(25)23-26/h3-13,18,20,22,24,26H,2,14H2,1H3,(H,23,25)/b13-10+,22-19?. The van der Waals surface area contributed by atoms with E-state index in [1.54, 1.807) is 11.6 Å². The molecular weight excluding hydrogens is 328 g/mol. The number of hydrogen-bond acceptors (Lipinski definition) is 4. The molecule has 1 amide bonds. The van der Waals surface area contributed by atoms with Gasteiger partial charge in [0.25, 0.3) is 5.91 Å². The minimum absolute atomic E-state index is 0.0628. The lowest BCUT2D eigenvalue weighted by Gasteiger charge is -2.20. The fourth-order valence-electron chi connectivity index (χ4n) is 2.88. The van der Waals surface area contributed by atoms with E-state index >= 15 is 0 Å². The van der Waals surface area contributed by atoms with Crippen LogP contribution >= 0.6 is 0 Å². The molecule has 0 saturated carbocycles. The molecule has 4 N–H and O–H groups in total. The molecule has 0 radical (unpaired) electrons. The van der Waals surface area contributed by atoms with Crippen molar-refractivity contribution in [2.75, 3.05) is 0 Å². The maximum atomic E-state index is 11.0. The Morgan fingerprint density at radius 3 is 2.35 bits per heavy atom. The number of aliphatic hydroxyl groups excluding tert-OH is 1. The molecule has 0 heterocycles. The first kappa shape index (κ1) is 19.6. The quantitative estimate of drug-likeness (QED) is 0.252. The zero-order valence-corrected chi connectivity index (χ0v) is 14.7. The van der Waals surface area contributed by atoms with Crippen molar-refractivity contribution in [1.29, 1.82) is 5.41 Å². The first-order valence-electron chi connectivity index (χ1n) is 8.57. The predicted molar refractivity (Wildman–Crippen MR) is 102 cm³/mol. The Bertz CT molecular complexity index is 755. The van der Waals surface area contributed by atoms with Gasteiger partial charge in [0, 0.05) is 24.1 Å². The smallest absolute Gasteiger partial charge is 0.267 e. The SMILES string of the molecule is CCC(C(=N)CC(O)c1ccccc1)c1ccc(/C=C/C(=O)NO)cc1. The molecule has 5 heteroatoms. The molecule has 0 saturated heterocycles. The highest BCUT2D eigenvalue weighted by atomic mass is 16.5. The maximum Gasteiger partial charge on any atom is 0.267 e.